The fraction of sp³-hybridized carbons (Fsp3) is 0.412. The first-order valence-electron chi connectivity index (χ1n) is 7.39. The maximum absolute atomic E-state index is 12.2. The van der Waals surface area contributed by atoms with Gasteiger partial charge in [0, 0.05) is 29.4 Å². The molecule has 2 aromatic rings. The number of nitrogens with zero attached hydrogens (tertiary/aromatic N) is 2. The van der Waals surface area contributed by atoms with Gasteiger partial charge in [-0.1, -0.05) is 23.7 Å². The van der Waals surface area contributed by atoms with Crippen molar-refractivity contribution in [1.29, 1.82) is 0 Å². The molecule has 0 spiro atoms. The quantitative estimate of drug-likeness (QED) is 0.921. The van der Waals surface area contributed by atoms with Gasteiger partial charge in [0.2, 0.25) is 5.91 Å². The molecule has 5 heteroatoms. The number of carbonyl (C=O) groups is 1. The largest absolute Gasteiger partial charge is 0.353 e. The van der Waals surface area contributed by atoms with E-state index in [1.807, 2.05) is 56.8 Å². The molecule has 2 rings (SSSR count). The first-order chi connectivity index (χ1) is 10.4. The first-order valence-corrected chi connectivity index (χ1v) is 7.77. The lowest BCUT2D eigenvalue weighted by atomic mass is 10.1. The highest BCUT2D eigenvalue weighted by Crippen LogP contribution is 2.14. The summed E-state index contributed by atoms with van der Waals surface area (Å²) in [5.41, 5.74) is 4.08. The van der Waals surface area contributed by atoms with Crippen molar-refractivity contribution in [3.8, 4) is 0 Å². The van der Waals surface area contributed by atoms with Crippen molar-refractivity contribution >= 4 is 17.5 Å². The van der Waals surface area contributed by atoms with Crippen molar-refractivity contribution in [1.82, 2.24) is 15.1 Å². The van der Waals surface area contributed by atoms with E-state index < -0.39 is 0 Å². The molecule has 0 aliphatic carbocycles. The molecule has 1 unspecified atom stereocenters. The van der Waals surface area contributed by atoms with Gasteiger partial charge in [0.1, 0.15) is 0 Å². The number of benzene rings is 1. The van der Waals surface area contributed by atoms with E-state index in [-0.39, 0.29) is 11.9 Å². The summed E-state index contributed by atoms with van der Waals surface area (Å²) in [4.78, 5) is 12.2. The van der Waals surface area contributed by atoms with Crippen LogP contribution in [0.15, 0.2) is 24.3 Å². The highest BCUT2D eigenvalue weighted by atomic mass is 35.5. The zero-order valence-electron chi connectivity index (χ0n) is 13.5. The number of aryl methyl sites for hydroxylation is 2. The lowest BCUT2D eigenvalue weighted by Gasteiger charge is -2.14. The van der Waals surface area contributed by atoms with Crippen LogP contribution in [0.1, 0.15) is 29.4 Å². The van der Waals surface area contributed by atoms with E-state index >= 15 is 0 Å². The molecule has 1 amide bonds. The Bertz CT molecular complexity index is 679. The number of carbonyl (C=O) groups excluding carboxylic acids is 1. The predicted molar refractivity (Wildman–Crippen MR) is 89.1 cm³/mol. The molecule has 1 atom stereocenters. The van der Waals surface area contributed by atoms with Crippen LogP contribution in [0.4, 0.5) is 0 Å². The van der Waals surface area contributed by atoms with Gasteiger partial charge in [-0.2, -0.15) is 5.10 Å². The van der Waals surface area contributed by atoms with Gasteiger partial charge in [0.15, 0.2) is 0 Å². The van der Waals surface area contributed by atoms with Gasteiger partial charge >= 0.3 is 0 Å². The number of hydrogen-bond acceptors (Lipinski definition) is 2. The van der Waals surface area contributed by atoms with Gasteiger partial charge in [-0.15, -0.1) is 0 Å². The molecule has 118 valence electrons. The molecule has 0 fully saturated rings. The zero-order chi connectivity index (χ0) is 16.3. The number of hydrogen-bond donors (Lipinski definition) is 1. The molecule has 0 saturated carbocycles. The number of amides is 1. The molecule has 1 heterocycles. The van der Waals surface area contributed by atoms with Crippen LogP contribution < -0.4 is 5.32 Å². The maximum atomic E-state index is 12.2. The predicted octanol–water partition coefficient (Wildman–Crippen LogP) is 2.98. The number of rotatable bonds is 5. The van der Waals surface area contributed by atoms with Crippen molar-refractivity contribution < 1.29 is 4.79 Å². The van der Waals surface area contributed by atoms with Crippen LogP contribution in [0.3, 0.4) is 0 Å². The van der Waals surface area contributed by atoms with Crippen molar-refractivity contribution in [2.75, 3.05) is 0 Å². The van der Waals surface area contributed by atoms with Gasteiger partial charge in [-0.05, 0) is 44.9 Å². The van der Waals surface area contributed by atoms with Crippen LogP contribution in [0.5, 0.6) is 0 Å². The SMILES string of the molecule is Cc1nn(C)c(C)c1CC(=O)NC(C)Cc1cccc(Cl)c1. The zero-order valence-corrected chi connectivity index (χ0v) is 14.2. The minimum atomic E-state index is 0.0220. The molecule has 22 heavy (non-hydrogen) atoms. The molecule has 1 aromatic heterocycles. The summed E-state index contributed by atoms with van der Waals surface area (Å²) in [5, 5.41) is 8.10. The first kappa shape index (κ1) is 16.6. The van der Waals surface area contributed by atoms with Gasteiger partial charge in [-0.25, -0.2) is 0 Å². The lowest BCUT2D eigenvalue weighted by molar-refractivity contribution is -0.121. The maximum Gasteiger partial charge on any atom is 0.224 e. The average Bonchev–Trinajstić information content (AvgIpc) is 2.65. The molecule has 1 N–H and O–H groups in total. The molecule has 0 aliphatic heterocycles. The topological polar surface area (TPSA) is 46.9 Å². The minimum Gasteiger partial charge on any atom is -0.353 e. The molecular formula is C17H22ClN3O. The van der Waals surface area contributed by atoms with Crippen LogP contribution in [-0.4, -0.2) is 21.7 Å². The molecule has 0 saturated heterocycles. The third kappa shape index (κ3) is 4.10. The summed E-state index contributed by atoms with van der Waals surface area (Å²) in [6, 6.07) is 7.78. The average molecular weight is 320 g/mol. The molecular weight excluding hydrogens is 298 g/mol. The fourth-order valence-electron chi connectivity index (χ4n) is 2.63. The van der Waals surface area contributed by atoms with E-state index in [1.54, 1.807) is 0 Å². The minimum absolute atomic E-state index is 0.0220. The molecule has 4 nitrogen and oxygen atoms in total. The second kappa shape index (κ2) is 6.97. The highest BCUT2D eigenvalue weighted by molar-refractivity contribution is 6.30. The highest BCUT2D eigenvalue weighted by Gasteiger charge is 2.15. The van der Waals surface area contributed by atoms with Crippen molar-refractivity contribution in [2.45, 2.75) is 39.7 Å². The molecule has 0 bridgehead atoms. The van der Waals surface area contributed by atoms with Gasteiger partial charge < -0.3 is 5.32 Å². The van der Waals surface area contributed by atoms with E-state index in [0.29, 0.717) is 6.42 Å². The van der Waals surface area contributed by atoms with Crippen LogP contribution in [0.25, 0.3) is 0 Å². The third-order valence-corrected chi connectivity index (χ3v) is 4.07. The Hall–Kier alpha value is -1.81. The van der Waals surface area contributed by atoms with E-state index in [2.05, 4.69) is 10.4 Å². The van der Waals surface area contributed by atoms with E-state index in [4.69, 9.17) is 11.6 Å². The van der Waals surface area contributed by atoms with Gasteiger partial charge in [0.25, 0.3) is 0 Å². The smallest absolute Gasteiger partial charge is 0.224 e. The van der Waals surface area contributed by atoms with Crippen LogP contribution in [-0.2, 0) is 24.7 Å². The summed E-state index contributed by atoms with van der Waals surface area (Å²) in [6.45, 7) is 5.92. The monoisotopic (exact) mass is 319 g/mol. The van der Waals surface area contributed by atoms with Gasteiger partial charge in [-0.3, -0.25) is 9.48 Å². The summed E-state index contributed by atoms with van der Waals surface area (Å²) < 4.78 is 1.81. The third-order valence-electron chi connectivity index (χ3n) is 3.83. The van der Waals surface area contributed by atoms with Crippen LogP contribution >= 0.6 is 11.6 Å². The van der Waals surface area contributed by atoms with Crippen molar-refractivity contribution in [2.24, 2.45) is 7.05 Å². The Labute approximate surface area is 136 Å². The Balaban J connectivity index is 1.94. The van der Waals surface area contributed by atoms with E-state index in [1.165, 1.54) is 0 Å². The normalized spacial score (nSPS) is 12.2. The number of aromatic nitrogens is 2. The Morgan fingerprint density at radius 1 is 1.41 bits per heavy atom. The Kier molecular flexibility index (Phi) is 5.24. The van der Waals surface area contributed by atoms with Crippen LogP contribution in [0, 0.1) is 13.8 Å². The Morgan fingerprint density at radius 3 is 2.73 bits per heavy atom. The standard InChI is InChI=1S/C17H22ClN3O/c1-11(8-14-6-5-7-15(18)9-14)19-17(22)10-16-12(2)20-21(4)13(16)3/h5-7,9,11H,8,10H2,1-4H3,(H,19,22). The lowest BCUT2D eigenvalue weighted by Crippen LogP contribution is -2.35. The molecule has 1 aromatic carbocycles. The number of nitrogens with one attached hydrogen (secondary N) is 1. The second-order valence-corrected chi connectivity index (χ2v) is 6.19. The summed E-state index contributed by atoms with van der Waals surface area (Å²) in [5.74, 6) is 0.0220. The van der Waals surface area contributed by atoms with Crippen LogP contribution in [0.2, 0.25) is 5.02 Å². The number of halogens is 1. The van der Waals surface area contributed by atoms with Crippen molar-refractivity contribution in [3.05, 3.63) is 51.8 Å². The summed E-state index contributed by atoms with van der Waals surface area (Å²) in [7, 11) is 1.89. The summed E-state index contributed by atoms with van der Waals surface area (Å²) in [6.07, 6.45) is 1.13. The van der Waals surface area contributed by atoms with E-state index in [0.717, 1.165) is 34.0 Å². The Morgan fingerprint density at radius 2 is 2.14 bits per heavy atom. The second-order valence-electron chi connectivity index (χ2n) is 5.75. The van der Waals surface area contributed by atoms with Crippen molar-refractivity contribution in [3.63, 3.8) is 0 Å². The van der Waals surface area contributed by atoms with E-state index in [9.17, 15) is 4.79 Å². The fourth-order valence-corrected chi connectivity index (χ4v) is 2.84. The van der Waals surface area contributed by atoms with Gasteiger partial charge in [0.05, 0.1) is 12.1 Å². The molecule has 0 radical (unpaired) electrons. The molecule has 0 aliphatic rings. The summed E-state index contributed by atoms with van der Waals surface area (Å²) >= 11 is 5.98.